The number of benzene rings is 3. The Morgan fingerprint density at radius 2 is 1.81 bits per heavy atom. The van der Waals surface area contributed by atoms with Gasteiger partial charge in [0.2, 0.25) is 0 Å². The van der Waals surface area contributed by atoms with Crippen molar-refractivity contribution >= 4 is 22.7 Å². The van der Waals surface area contributed by atoms with E-state index < -0.39 is 0 Å². The van der Waals surface area contributed by atoms with Crippen LogP contribution in [0.25, 0.3) is 33.4 Å². The molecule has 1 fully saturated rings. The summed E-state index contributed by atoms with van der Waals surface area (Å²) in [6.07, 6.45) is 1.53. The van der Waals surface area contributed by atoms with Gasteiger partial charge in [-0.15, -0.1) is 0 Å². The quantitative estimate of drug-likeness (QED) is 0.259. The Bertz CT molecular complexity index is 1500. The van der Waals surface area contributed by atoms with E-state index in [0.29, 0.717) is 6.54 Å². The van der Waals surface area contributed by atoms with E-state index in [1.807, 2.05) is 54.6 Å². The highest BCUT2D eigenvalue weighted by Crippen LogP contribution is 2.34. The van der Waals surface area contributed by atoms with Gasteiger partial charge < -0.3 is 15.5 Å². The van der Waals surface area contributed by atoms with Crippen molar-refractivity contribution in [1.82, 2.24) is 20.1 Å². The van der Waals surface area contributed by atoms with Crippen LogP contribution in [0.5, 0.6) is 0 Å². The minimum atomic E-state index is -0.290. The third-order valence-electron chi connectivity index (χ3n) is 6.79. The molecule has 5 aromatic rings. The minimum Gasteiger partial charge on any atom is -0.445 e. The Hall–Kier alpha value is -4.52. The molecule has 7 nitrogen and oxygen atoms in total. The molecule has 0 spiro atoms. The number of hydrogen-bond donors (Lipinski definition) is 3. The summed E-state index contributed by atoms with van der Waals surface area (Å²) in [4.78, 5) is 18.0. The number of likely N-dealkylation sites (tertiary alicyclic amines) is 1. The summed E-state index contributed by atoms with van der Waals surface area (Å²) < 4.78 is 5.58. The van der Waals surface area contributed by atoms with Crippen LogP contribution in [0, 0.1) is 0 Å². The maximum atomic E-state index is 12.8. The number of amides is 1. The summed E-state index contributed by atoms with van der Waals surface area (Å²) in [5.74, 6) is 0. The second kappa shape index (κ2) is 9.26. The van der Waals surface area contributed by atoms with Gasteiger partial charge in [0, 0.05) is 34.4 Å². The van der Waals surface area contributed by atoms with Crippen LogP contribution in [-0.4, -0.2) is 32.7 Å². The number of carbonyl (C=O) groups is 1. The molecule has 3 heterocycles. The Kier molecular flexibility index (Phi) is 5.65. The minimum absolute atomic E-state index is 0.0624. The molecule has 0 unspecified atom stereocenters. The molecule has 3 aromatic carbocycles. The first-order valence-electron chi connectivity index (χ1n) is 12.2. The first kappa shape index (κ1) is 22.0. The molecule has 2 aromatic heterocycles. The van der Waals surface area contributed by atoms with Gasteiger partial charge in [-0.25, -0.2) is 4.79 Å². The molecule has 1 saturated heterocycles. The van der Waals surface area contributed by atoms with Crippen LogP contribution in [0.4, 0.5) is 10.5 Å². The number of rotatable bonds is 5. The predicted molar refractivity (Wildman–Crippen MR) is 141 cm³/mol. The van der Waals surface area contributed by atoms with Gasteiger partial charge in [-0.2, -0.15) is 5.10 Å². The number of anilines is 1. The summed E-state index contributed by atoms with van der Waals surface area (Å²) in [7, 11) is 0. The second-order valence-electron chi connectivity index (χ2n) is 9.21. The van der Waals surface area contributed by atoms with Crippen molar-refractivity contribution in [3.05, 3.63) is 96.2 Å². The molecule has 6 rings (SSSR count). The molecule has 4 N–H and O–H groups in total. The number of hydrogen-bond acceptors (Lipinski definition) is 4. The summed E-state index contributed by atoms with van der Waals surface area (Å²) in [6.45, 7) is 0.949. The van der Waals surface area contributed by atoms with Crippen LogP contribution in [0.2, 0.25) is 0 Å². The smallest absolute Gasteiger partial charge is 0.410 e. The molecule has 0 aliphatic carbocycles. The van der Waals surface area contributed by atoms with Crippen molar-refractivity contribution in [2.75, 3.05) is 12.3 Å². The molecule has 1 amide bonds. The number of fused-ring (bicyclic) bond motifs is 1. The number of ether oxygens (including phenoxy) is 1. The predicted octanol–water partition coefficient (Wildman–Crippen LogP) is 6.28. The standard InChI is InChI=1S/C29H27N5O2/c30-23-12-13-24-22(15-23)16-25(31-24)20-8-10-21(11-9-20)26-17-27(33-32-26)28-7-4-14-34(28)29(35)36-18-19-5-2-1-3-6-19/h1-3,5-6,8-13,15-17,28,31H,4,7,14,18,30H2,(H,32,33)/t28-/m0/s1. The van der Waals surface area contributed by atoms with Crippen molar-refractivity contribution in [3.8, 4) is 22.5 Å². The molecular formula is C29H27N5O2. The molecule has 1 aliphatic rings. The zero-order valence-electron chi connectivity index (χ0n) is 19.8. The van der Waals surface area contributed by atoms with Gasteiger partial charge in [-0.1, -0.05) is 54.6 Å². The van der Waals surface area contributed by atoms with Crippen LogP contribution in [0.3, 0.4) is 0 Å². The lowest BCUT2D eigenvalue weighted by Crippen LogP contribution is -2.31. The van der Waals surface area contributed by atoms with Crippen LogP contribution < -0.4 is 5.73 Å². The molecule has 36 heavy (non-hydrogen) atoms. The number of nitrogens with zero attached hydrogens (tertiary/aromatic N) is 2. The zero-order valence-corrected chi connectivity index (χ0v) is 19.8. The molecule has 0 bridgehead atoms. The van der Waals surface area contributed by atoms with Crippen LogP contribution in [0.15, 0.2) is 84.9 Å². The number of aromatic nitrogens is 3. The average Bonchev–Trinajstić information content (AvgIpc) is 3.67. The van der Waals surface area contributed by atoms with Gasteiger partial charge in [0.15, 0.2) is 0 Å². The fourth-order valence-electron chi connectivity index (χ4n) is 4.89. The molecule has 7 heteroatoms. The van der Waals surface area contributed by atoms with Gasteiger partial charge in [0.05, 0.1) is 17.4 Å². The van der Waals surface area contributed by atoms with E-state index in [1.165, 1.54) is 0 Å². The Balaban J connectivity index is 1.16. The number of nitrogens with two attached hydrogens (primary N) is 1. The lowest BCUT2D eigenvalue weighted by Gasteiger charge is -2.23. The lowest BCUT2D eigenvalue weighted by molar-refractivity contribution is 0.0915. The number of aromatic amines is 2. The number of nitrogen functional groups attached to an aromatic ring is 1. The summed E-state index contributed by atoms with van der Waals surface area (Å²) in [5.41, 5.74) is 13.6. The fraction of sp³-hybridized carbons (Fsp3) is 0.172. The van der Waals surface area contributed by atoms with Crippen LogP contribution in [0.1, 0.15) is 30.1 Å². The Morgan fingerprint density at radius 1 is 1.00 bits per heavy atom. The van der Waals surface area contributed by atoms with Gasteiger partial charge in [-0.3, -0.25) is 10.00 Å². The van der Waals surface area contributed by atoms with Crippen LogP contribution >= 0.6 is 0 Å². The lowest BCUT2D eigenvalue weighted by atomic mass is 10.1. The summed E-state index contributed by atoms with van der Waals surface area (Å²) in [6, 6.07) is 28.0. The Labute approximate surface area is 208 Å². The van der Waals surface area contributed by atoms with E-state index in [1.54, 1.807) is 4.90 Å². The molecular weight excluding hydrogens is 450 g/mol. The zero-order chi connectivity index (χ0) is 24.5. The van der Waals surface area contributed by atoms with E-state index >= 15 is 0 Å². The average molecular weight is 478 g/mol. The highest BCUT2D eigenvalue weighted by atomic mass is 16.6. The maximum absolute atomic E-state index is 12.8. The third-order valence-corrected chi connectivity index (χ3v) is 6.79. The van der Waals surface area contributed by atoms with Gasteiger partial charge in [-0.05, 0) is 54.3 Å². The van der Waals surface area contributed by atoms with Crippen LogP contribution in [-0.2, 0) is 11.3 Å². The molecule has 0 saturated carbocycles. The maximum Gasteiger partial charge on any atom is 0.410 e. The fourth-order valence-corrected chi connectivity index (χ4v) is 4.89. The van der Waals surface area contributed by atoms with Gasteiger partial charge >= 0.3 is 6.09 Å². The topological polar surface area (TPSA) is 100 Å². The van der Waals surface area contributed by atoms with E-state index in [-0.39, 0.29) is 18.7 Å². The molecule has 1 atom stereocenters. The van der Waals surface area contributed by atoms with Crippen molar-refractivity contribution in [2.45, 2.75) is 25.5 Å². The summed E-state index contributed by atoms with van der Waals surface area (Å²) >= 11 is 0. The van der Waals surface area contributed by atoms with Gasteiger partial charge in [0.25, 0.3) is 0 Å². The third kappa shape index (κ3) is 4.31. The molecule has 1 aliphatic heterocycles. The van der Waals surface area contributed by atoms with Crippen molar-refractivity contribution in [1.29, 1.82) is 0 Å². The van der Waals surface area contributed by atoms with E-state index in [2.05, 4.69) is 45.5 Å². The van der Waals surface area contributed by atoms with E-state index in [0.717, 1.165) is 63.2 Å². The molecule has 180 valence electrons. The highest BCUT2D eigenvalue weighted by Gasteiger charge is 2.32. The first-order valence-corrected chi connectivity index (χ1v) is 12.2. The van der Waals surface area contributed by atoms with E-state index in [4.69, 9.17) is 10.5 Å². The number of carbonyl (C=O) groups excluding carboxylic acids is 1. The normalized spacial score (nSPS) is 15.4. The number of H-pyrrole nitrogens is 2. The van der Waals surface area contributed by atoms with Gasteiger partial charge in [0.1, 0.15) is 6.61 Å². The van der Waals surface area contributed by atoms with E-state index in [9.17, 15) is 4.79 Å². The monoisotopic (exact) mass is 477 g/mol. The van der Waals surface area contributed by atoms with Crippen molar-refractivity contribution in [3.63, 3.8) is 0 Å². The number of nitrogens with one attached hydrogen (secondary N) is 2. The Morgan fingerprint density at radius 3 is 2.64 bits per heavy atom. The SMILES string of the molecule is Nc1ccc2[nH]c(-c3ccc(-c4cc([C@@H]5CCCN5C(=O)OCc5ccccc5)[nH]n4)cc3)cc2c1. The largest absolute Gasteiger partial charge is 0.445 e. The first-order chi connectivity index (χ1) is 17.6. The molecule has 0 radical (unpaired) electrons. The van der Waals surface area contributed by atoms with Crippen molar-refractivity contribution < 1.29 is 9.53 Å². The van der Waals surface area contributed by atoms with Crippen molar-refractivity contribution in [2.24, 2.45) is 0 Å². The summed E-state index contributed by atoms with van der Waals surface area (Å²) in [5, 5.41) is 8.79. The highest BCUT2D eigenvalue weighted by molar-refractivity contribution is 5.88. The second-order valence-corrected chi connectivity index (χ2v) is 9.21.